The van der Waals surface area contributed by atoms with E-state index in [1.807, 2.05) is 0 Å². The lowest BCUT2D eigenvalue weighted by Gasteiger charge is -2.19. The first kappa shape index (κ1) is 18.0. The molecule has 1 rings (SSSR count). The average molecular weight is 335 g/mol. The van der Waals surface area contributed by atoms with Gasteiger partial charge in [-0.05, 0) is 5.56 Å². The minimum Gasteiger partial charge on any atom is -0.312 e. The van der Waals surface area contributed by atoms with Crippen molar-refractivity contribution < 1.29 is 26.8 Å². The predicted molar refractivity (Wildman–Crippen MR) is 78.7 cm³/mol. The van der Waals surface area contributed by atoms with Crippen LogP contribution in [0.4, 0.5) is 0 Å². The summed E-state index contributed by atoms with van der Waals surface area (Å²) in [6, 6.07) is 7.15. The van der Waals surface area contributed by atoms with Crippen molar-refractivity contribution in [3.05, 3.63) is 35.9 Å². The van der Waals surface area contributed by atoms with Gasteiger partial charge in [-0.25, -0.2) is 13.1 Å². The van der Waals surface area contributed by atoms with Crippen LogP contribution in [0.5, 0.6) is 0 Å². The van der Waals surface area contributed by atoms with E-state index in [4.69, 9.17) is 9.05 Å². The van der Waals surface area contributed by atoms with Crippen LogP contribution in [0.3, 0.4) is 0 Å². The van der Waals surface area contributed by atoms with E-state index >= 15 is 0 Å². The van der Waals surface area contributed by atoms with Crippen LogP contribution in [-0.2, 0) is 28.4 Å². The Labute approximate surface area is 124 Å². The Bertz CT molecular complexity index is 622. The molecule has 0 aliphatic heterocycles. The molecule has 0 radical (unpaired) electrons. The van der Waals surface area contributed by atoms with Gasteiger partial charge in [-0.3, -0.25) is 9.36 Å². The Hall–Kier alpha value is -1.05. The van der Waals surface area contributed by atoms with Crippen LogP contribution in [0.15, 0.2) is 30.3 Å². The molecule has 1 aromatic rings. The van der Waals surface area contributed by atoms with E-state index < -0.39 is 35.6 Å². The third-order valence-corrected chi connectivity index (χ3v) is 5.17. The summed E-state index contributed by atoms with van der Waals surface area (Å²) >= 11 is 0. The molecule has 0 saturated heterocycles. The number of rotatable bonds is 8. The van der Waals surface area contributed by atoms with Gasteiger partial charge in [0.1, 0.15) is 12.2 Å². The van der Waals surface area contributed by atoms with Crippen LogP contribution in [-0.4, -0.2) is 40.8 Å². The van der Waals surface area contributed by atoms with Crippen molar-refractivity contribution in [1.82, 2.24) is 4.72 Å². The summed E-state index contributed by atoms with van der Waals surface area (Å²) in [5.74, 6) is -0.598. The molecule has 0 spiro atoms. The topological polar surface area (TPSA) is 98.8 Å². The number of Topliss-reactive ketones (excluding diaryl/α,β-unsaturated/α-hetero) is 1. The fourth-order valence-electron chi connectivity index (χ4n) is 1.67. The van der Waals surface area contributed by atoms with Crippen LogP contribution >= 0.6 is 7.60 Å². The Balaban J connectivity index is 3.08. The summed E-state index contributed by atoms with van der Waals surface area (Å²) in [5.41, 5.74) is 0.451. The van der Waals surface area contributed by atoms with E-state index in [-0.39, 0.29) is 0 Å². The fraction of sp³-hybridized carbons (Fsp3) is 0.417. The normalized spacial score (nSPS) is 13.9. The number of sulfonamides is 1. The van der Waals surface area contributed by atoms with E-state index in [0.717, 1.165) is 6.26 Å². The van der Waals surface area contributed by atoms with Gasteiger partial charge >= 0.3 is 7.60 Å². The molecule has 0 saturated carbocycles. The Morgan fingerprint density at radius 2 is 1.76 bits per heavy atom. The van der Waals surface area contributed by atoms with Crippen LogP contribution in [0.25, 0.3) is 0 Å². The third-order valence-electron chi connectivity index (χ3n) is 2.69. The molecule has 9 heteroatoms. The van der Waals surface area contributed by atoms with Crippen molar-refractivity contribution in [3.63, 3.8) is 0 Å². The number of hydrogen-bond acceptors (Lipinski definition) is 6. The molecule has 1 N–H and O–H groups in total. The quantitative estimate of drug-likeness (QED) is 0.720. The Kier molecular flexibility index (Phi) is 6.24. The number of nitrogens with one attached hydrogen (secondary N) is 1. The van der Waals surface area contributed by atoms with Gasteiger partial charge in [0, 0.05) is 14.2 Å². The monoisotopic (exact) mass is 335 g/mol. The van der Waals surface area contributed by atoms with E-state index in [9.17, 15) is 17.8 Å². The van der Waals surface area contributed by atoms with E-state index in [1.165, 1.54) is 14.2 Å². The number of carbonyl (C=O) groups is 1. The fourth-order valence-corrected chi connectivity index (χ4v) is 3.33. The highest BCUT2D eigenvalue weighted by Gasteiger charge is 2.32. The zero-order valence-corrected chi connectivity index (χ0v) is 13.7. The largest absolute Gasteiger partial charge is 0.337 e. The zero-order valence-electron chi connectivity index (χ0n) is 12.0. The molecule has 0 heterocycles. The second kappa shape index (κ2) is 7.29. The van der Waals surface area contributed by atoms with Crippen molar-refractivity contribution in [2.45, 2.75) is 6.04 Å². The third kappa shape index (κ3) is 5.68. The van der Waals surface area contributed by atoms with Gasteiger partial charge in [0.15, 0.2) is 5.78 Å². The molecule has 7 nitrogen and oxygen atoms in total. The first-order valence-corrected chi connectivity index (χ1v) is 9.58. The molecular weight excluding hydrogens is 317 g/mol. The molecular formula is C12H18NO6PS. The summed E-state index contributed by atoms with van der Waals surface area (Å²) in [6.45, 7) is 0. The SMILES string of the molecule is COP(=O)(CC(=O)C(NS(C)(=O)=O)c1ccccc1)OC. The first-order valence-electron chi connectivity index (χ1n) is 5.96. The van der Waals surface area contributed by atoms with Gasteiger partial charge < -0.3 is 9.05 Å². The van der Waals surface area contributed by atoms with Gasteiger partial charge in [-0.1, -0.05) is 30.3 Å². The molecule has 0 amide bonds. The summed E-state index contributed by atoms with van der Waals surface area (Å²) in [7, 11) is -4.86. The molecule has 0 aromatic heterocycles. The second-order valence-corrected chi connectivity index (χ2v) is 8.38. The lowest BCUT2D eigenvalue weighted by Crippen LogP contribution is -2.34. The molecule has 1 aromatic carbocycles. The summed E-state index contributed by atoms with van der Waals surface area (Å²) < 4.78 is 46.5. The average Bonchev–Trinajstić information content (AvgIpc) is 2.44. The van der Waals surface area contributed by atoms with Crippen molar-refractivity contribution in [2.75, 3.05) is 26.6 Å². The molecule has 118 valence electrons. The minimum atomic E-state index is -3.63. The van der Waals surface area contributed by atoms with Crippen LogP contribution < -0.4 is 4.72 Å². The predicted octanol–water partition coefficient (Wildman–Crippen LogP) is 1.33. The maximum Gasteiger partial charge on any atom is 0.337 e. The zero-order chi connectivity index (χ0) is 16.1. The number of benzene rings is 1. The number of hydrogen-bond donors (Lipinski definition) is 1. The molecule has 0 fully saturated rings. The lowest BCUT2D eigenvalue weighted by molar-refractivity contribution is -0.118. The standard InChI is InChI=1S/C12H18NO6PS/c1-18-20(15,19-2)9-11(14)12(13-21(3,16)17)10-7-5-4-6-8-10/h4-8,12-13H,9H2,1-3H3. The Morgan fingerprint density at radius 3 is 2.19 bits per heavy atom. The summed E-state index contributed by atoms with van der Waals surface area (Å²) in [5, 5.41) is 0. The van der Waals surface area contributed by atoms with Crippen molar-refractivity contribution in [2.24, 2.45) is 0 Å². The number of carbonyl (C=O) groups excluding carboxylic acids is 1. The molecule has 0 aliphatic carbocycles. The van der Waals surface area contributed by atoms with Crippen molar-refractivity contribution in [3.8, 4) is 0 Å². The van der Waals surface area contributed by atoms with E-state index in [2.05, 4.69) is 4.72 Å². The maximum absolute atomic E-state index is 12.3. The summed E-state index contributed by atoms with van der Waals surface area (Å²) in [4.78, 5) is 12.3. The van der Waals surface area contributed by atoms with Gasteiger partial charge in [0.2, 0.25) is 10.0 Å². The molecule has 21 heavy (non-hydrogen) atoms. The van der Waals surface area contributed by atoms with Crippen LogP contribution in [0, 0.1) is 0 Å². The Morgan fingerprint density at radius 1 is 1.24 bits per heavy atom. The lowest BCUT2D eigenvalue weighted by atomic mass is 10.1. The number of ketones is 1. The van der Waals surface area contributed by atoms with Crippen LogP contribution in [0.2, 0.25) is 0 Å². The van der Waals surface area contributed by atoms with Crippen molar-refractivity contribution in [1.29, 1.82) is 0 Å². The van der Waals surface area contributed by atoms with Gasteiger partial charge in [0.05, 0.1) is 6.26 Å². The minimum absolute atomic E-state index is 0.451. The molecule has 0 aliphatic rings. The highest BCUT2D eigenvalue weighted by Crippen LogP contribution is 2.46. The van der Waals surface area contributed by atoms with Gasteiger partial charge in [0.25, 0.3) is 0 Å². The molecule has 1 unspecified atom stereocenters. The van der Waals surface area contributed by atoms with Gasteiger partial charge in [-0.2, -0.15) is 0 Å². The molecule has 1 atom stereocenters. The van der Waals surface area contributed by atoms with E-state index in [1.54, 1.807) is 30.3 Å². The first-order chi connectivity index (χ1) is 9.71. The highest BCUT2D eigenvalue weighted by molar-refractivity contribution is 7.88. The second-order valence-electron chi connectivity index (χ2n) is 4.33. The summed E-state index contributed by atoms with van der Waals surface area (Å²) in [6.07, 6.45) is 0.421. The van der Waals surface area contributed by atoms with E-state index in [0.29, 0.717) is 5.56 Å². The van der Waals surface area contributed by atoms with Crippen molar-refractivity contribution >= 4 is 23.4 Å². The van der Waals surface area contributed by atoms with Crippen LogP contribution in [0.1, 0.15) is 11.6 Å². The maximum atomic E-state index is 12.3. The van der Waals surface area contributed by atoms with Gasteiger partial charge in [-0.15, -0.1) is 0 Å². The molecule has 0 bridgehead atoms. The smallest absolute Gasteiger partial charge is 0.312 e. The highest BCUT2D eigenvalue weighted by atomic mass is 32.2.